The number of H-pyrrole nitrogens is 1. The average Bonchev–Trinajstić information content (AvgIpc) is 3.57. The number of ether oxygens (including phenoxy) is 1. The predicted octanol–water partition coefficient (Wildman–Crippen LogP) is 3.02. The Bertz CT molecular complexity index is 1290. The Morgan fingerprint density at radius 3 is 3.00 bits per heavy atom. The van der Waals surface area contributed by atoms with Gasteiger partial charge in [-0.25, -0.2) is 9.50 Å². The molecule has 0 aliphatic carbocycles. The molecular weight excluding hydrogens is 442 g/mol. The molecule has 0 atom stereocenters. The van der Waals surface area contributed by atoms with Crippen LogP contribution in [0.15, 0.2) is 49.1 Å². The first-order valence-electron chi connectivity index (χ1n) is 10.9. The Morgan fingerprint density at radius 2 is 2.18 bits per heavy atom. The SMILES string of the molecule is COc1ccc(Cl)cc1-c1[nH][n+](CCN2CCCC2)cc1NC(=O)c1cnn2cccnc12. The molecule has 2 N–H and O–H groups in total. The lowest BCUT2D eigenvalue weighted by Crippen LogP contribution is -2.41. The van der Waals surface area contributed by atoms with Gasteiger partial charge >= 0.3 is 0 Å². The summed E-state index contributed by atoms with van der Waals surface area (Å²) in [4.78, 5) is 19.9. The van der Waals surface area contributed by atoms with Gasteiger partial charge in [0.2, 0.25) is 6.20 Å². The number of nitrogens with zero attached hydrogens (tertiary/aromatic N) is 5. The highest BCUT2D eigenvalue weighted by Gasteiger charge is 2.24. The topological polar surface area (TPSA) is 91.4 Å². The van der Waals surface area contributed by atoms with E-state index in [1.807, 2.05) is 23.0 Å². The van der Waals surface area contributed by atoms with Crippen molar-refractivity contribution in [3.63, 3.8) is 0 Å². The molecular formula is C23H25ClN7O2+. The summed E-state index contributed by atoms with van der Waals surface area (Å²) in [7, 11) is 1.61. The number of aromatic amines is 1. The number of fused-ring (bicyclic) bond motifs is 1. The smallest absolute Gasteiger partial charge is 0.261 e. The zero-order chi connectivity index (χ0) is 22.8. The maximum atomic E-state index is 13.2. The van der Waals surface area contributed by atoms with Crippen molar-refractivity contribution in [2.75, 3.05) is 32.1 Å². The van der Waals surface area contributed by atoms with Crippen molar-refractivity contribution in [2.45, 2.75) is 19.4 Å². The monoisotopic (exact) mass is 466 g/mol. The minimum atomic E-state index is -0.295. The minimum Gasteiger partial charge on any atom is -0.496 e. The third-order valence-corrected chi connectivity index (χ3v) is 6.10. The highest BCUT2D eigenvalue weighted by molar-refractivity contribution is 6.31. The van der Waals surface area contributed by atoms with E-state index in [0.717, 1.165) is 31.7 Å². The number of likely N-dealkylation sites (tertiary alicyclic amines) is 1. The molecule has 0 spiro atoms. The van der Waals surface area contributed by atoms with E-state index < -0.39 is 0 Å². The number of anilines is 1. The summed E-state index contributed by atoms with van der Waals surface area (Å²) >= 11 is 6.29. The molecule has 9 nitrogen and oxygen atoms in total. The second kappa shape index (κ2) is 9.21. The van der Waals surface area contributed by atoms with Crippen LogP contribution in [0.1, 0.15) is 23.2 Å². The van der Waals surface area contributed by atoms with E-state index >= 15 is 0 Å². The second-order valence-electron chi connectivity index (χ2n) is 8.02. The lowest BCUT2D eigenvalue weighted by Gasteiger charge is -2.10. The van der Waals surface area contributed by atoms with Crippen LogP contribution in [0.3, 0.4) is 0 Å². The predicted molar refractivity (Wildman–Crippen MR) is 125 cm³/mol. The molecule has 4 aromatic rings. The lowest BCUT2D eigenvalue weighted by molar-refractivity contribution is -0.748. The zero-order valence-electron chi connectivity index (χ0n) is 18.3. The molecule has 170 valence electrons. The van der Waals surface area contributed by atoms with Crippen LogP contribution in [0.2, 0.25) is 5.02 Å². The maximum absolute atomic E-state index is 13.2. The molecule has 5 rings (SSSR count). The Hall–Kier alpha value is -3.43. The van der Waals surface area contributed by atoms with Crippen molar-refractivity contribution < 1.29 is 14.2 Å². The van der Waals surface area contributed by atoms with Gasteiger partial charge in [0, 0.05) is 23.0 Å². The number of rotatable bonds is 7. The molecule has 3 aromatic heterocycles. The van der Waals surface area contributed by atoms with Gasteiger partial charge in [-0.3, -0.25) is 9.69 Å². The van der Waals surface area contributed by atoms with E-state index in [1.54, 1.807) is 36.2 Å². The van der Waals surface area contributed by atoms with Gasteiger partial charge in [-0.1, -0.05) is 11.6 Å². The molecule has 0 saturated carbocycles. The second-order valence-corrected chi connectivity index (χ2v) is 8.45. The van der Waals surface area contributed by atoms with Gasteiger partial charge in [-0.2, -0.15) is 10.2 Å². The Morgan fingerprint density at radius 1 is 1.33 bits per heavy atom. The largest absolute Gasteiger partial charge is 0.496 e. The van der Waals surface area contributed by atoms with Gasteiger partial charge in [0.15, 0.2) is 12.2 Å². The van der Waals surface area contributed by atoms with Crippen LogP contribution in [0.25, 0.3) is 16.9 Å². The molecule has 0 radical (unpaired) electrons. The molecule has 1 aromatic carbocycles. The first-order chi connectivity index (χ1) is 16.1. The number of nitrogens with one attached hydrogen (secondary N) is 2. The summed E-state index contributed by atoms with van der Waals surface area (Å²) in [6.45, 7) is 3.95. The van der Waals surface area contributed by atoms with E-state index in [9.17, 15) is 4.79 Å². The number of carbonyl (C=O) groups is 1. The lowest BCUT2D eigenvalue weighted by atomic mass is 10.1. The van der Waals surface area contributed by atoms with Gasteiger partial charge in [-0.15, -0.1) is 4.68 Å². The minimum absolute atomic E-state index is 0.295. The fraction of sp³-hybridized carbons (Fsp3) is 0.304. The number of carbonyl (C=O) groups excluding carboxylic acids is 1. The van der Waals surface area contributed by atoms with Gasteiger partial charge in [0.25, 0.3) is 5.91 Å². The number of halogens is 1. The zero-order valence-corrected chi connectivity index (χ0v) is 19.0. The highest BCUT2D eigenvalue weighted by atomic mass is 35.5. The van der Waals surface area contributed by atoms with Crippen LogP contribution >= 0.6 is 11.6 Å². The van der Waals surface area contributed by atoms with Crippen molar-refractivity contribution in [3.8, 4) is 17.0 Å². The van der Waals surface area contributed by atoms with Crippen molar-refractivity contribution in [2.24, 2.45) is 0 Å². The van der Waals surface area contributed by atoms with Crippen molar-refractivity contribution in [3.05, 3.63) is 59.6 Å². The standard InChI is InChI=1S/C23H24ClN7O2/c1-33-20-6-5-16(24)13-17(20)21-19(15-30(28-21)12-11-29-8-2-3-9-29)27-23(32)18-14-26-31-10-4-7-25-22(18)31/h4-7,10,13-15H,2-3,8-9,11-12H2,1H3,(H,27,32)/p+1. The molecule has 1 fully saturated rings. The molecule has 4 heterocycles. The number of hydrogen-bond acceptors (Lipinski definition) is 5. The number of benzene rings is 1. The molecule has 0 unspecified atom stereocenters. The first kappa shape index (κ1) is 21.4. The number of hydrogen-bond donors (Lipinski definition) is 2. The quantitative estimate of drug-likeness (QED) is 0.408. The van der Waals surface area contributed by atoms with Crippen LogP contribution in [0, 0.1) is 0 Å². The Labute approximate surface area is 195 Å². The van der Waals surface area contributed by atoms with Crippen LogP contribution in [-0.4, -0.2) is 57.2 Å². The van der Waals surface area contributed by atoms with E-state index in [2.05, 4.69) is 25.4 Å². The molecule has 1 aliphatic rings. The van der Waals surface area contributed by atoms with E-state index in [1.165, 1.54) is 19.0 Å². The molecule has 1 aliphatic heterocycles. The highest BCUT2D eigenvalue weighted by Crippen LogP contribution is 2.35. The van der Waals surface area contributed by atoms with Gasteiger partial charge in [-0.05, 0) is 50.2 Å². The summed E-state index contributed by atoms with van der Waals surface area (Å²) in [5, 5.41) is 11.2. The van der Waals surface area contributed by atoms with E-state index in [4.69, 9.17) is 16.3 Å². The Kier molecular flexibility index (Phi) is 5.97. The third-order valence-electron chi connectivity index (χ3n) is 5.87. The van der Waals surface area contributed by atoms with Crippen molar-refractivity contribution in [1.29, 1.82) is 0 Å². The van der Waals surface area contributed by atoms with Crippen LogP contribution in [0.4, 0.5) is 5.69 Å². The van der Waals surface area contributed by atoms with Gasteiger partial charge < -0.3 is 10.1 Å². The third kappa shape index (κ3) is 4.42. The first-order valence-corrected chi connectivity index (χ1v) is 11.3. The number of aromatic nitrogens is 5. The van der Waals surface area contributed by atoms with Crippen LogP contribution < -0.4 is 14.7 Å². The van der Waals surface area contributed by atoms with E-state index in [0.29, 0.717) is 33.4 Å². The average molecular weight is 467 g/mol. The molecule has 1 amide bonds. The summed E-state index contributed by atoms with van der Waals surface area (Å²) < 4.78 is 9.12. The summed E-state index contributed by atoms with van der Waals surface area (Å²) in [6.07, 6.45) is 9.31. The maximum Gasteiger partial charge on any atom is 0.261 e. The number of methoxy groups -OCH3 is 1. The molecule has 0 bridgehead atoms. The van der Waals surface area contributed by atoms with Gasteiger partial charge in [0.1, 0.15) is 22.7 Å². The summed E-state index contributed by atoms with van der Waals surface area (Å²) in [6, 6.07) is 7.18. The molecule has 1 saturated heterocycles. The van der Waals surface area contributed by atoms with Crippen molar-refractivity contribution >= 4 is 28.8 Å². The summed E-state index contributed by atoms with van der Waals surface area (Å²) in [5.74, 6) is 0.359. The number of amides is 1. The Balaban J connectivity index is 1.49. The van der Waals surface area contributed by atoms with Crippen molar-refractivity contribution in [1.82, 2.24) is 24.6 Å². The van der Waals surface area contributed by atoms with E-state index in [-0.39, 0.29) is 5.91 Å². The van der Waals surface area contributed by atoms with Crippen LogP contribution in [0.5, 0.6) is 5.75 Å². The normalized spacial score (nSPS) is 14.1. The fourth-order valence-electron chi connectivity index (χ4n) is 4.19. The van der Waals surface area contributed by atoms with Gasteiger partial charge in [0.05, 0.1) is 19.9 Å². The molecule has 10 heteroatoms. The fourth-order valence-corrected chi connectivity index (χ4v) is 4.36. The summed E-state index contributed by atoms with van der Waals surface area (Å²) in [5.41, 5.74) is 2.99. The van der Waals surface area contributed by atoms with Crippen LogP contribution in [-0.2, 0) is 6.54 Å². The molecule has 33 heavy (non-hydrogen) atoms.